The second-order valence-electron chi connectivity index (χ2n) is 3.68. The molecule has 0 aliphatic carbocycles. The maximum atomic E-state index is 6.08. The Morgan fingerprint density at radius 1 is 1.56 bits per heavy atom. The van der Waals surface area contributed by atoms with Crippen molar-refractivity contribution >= 4 is 28.3 Å². The molecule has 92 valence electrons. The van der Waals surface area contributed by atoms with E-state index >= 15 is 0 Å². The van der Waals surface area contributed by atoms with E-state index in [-0.39, 0.29) is 5.38 Å². The van der Waals surface area contributed by atoms with Gasteiger partial charge in [-0.15, -0.1) is 11.6 Å². The van der Waals surface area contributed by atoms with Crippen LogP contribution >= 0.6 is 23.1 Å². The fraction of sp³-hybridized carbons (Fsp3) is 0.800. The molecule has 0 N–H and O–H groups in total. The third-order valence-electron chi connectivity index (χ3n) is 2.08. The highest BCUT2D eigenvalue weighted by Crippen LogP contribution is 2.17. The molecule has 1 heterocycles. The van der Waals surface area contributed by atoms with E-state index in [1.165, 1.54) is 11.5 Å². The maximum Gasteiger partial charge on any atom is 0.204 e. The van der Waals surface area contributed by atoms with Crippen molar-refractivity contribution in [3.8, 4) is 0 Å². The summed E-state index contributed by atoms with van der Waals surface area (Å²) in [7, 11) is 3.63. The molecule has 0 saturated carbocycles. The molecule has 1 unspecified atom stereocenters. The molecule has 0 aliphatic heterocycles. The second-order valence-corrected chi connectivity index (χ2v) is 5.02. The van der Waals surface area contributed by atoms with E-state index in [0.717, 1.165) is 30.3 Å². The summed E-state index contributed by atoms with van der Waals surface area (Å²) in [4.78, 5) is 6.47. The number of anilines is 1. The topological polar surface area (TPSA) is 38.2 Å². The second kappa shape index (κ2) is 7.04. The van der Waals surface area contributed by atoms with E-state index in [1.54, 1.807) is 7.11 Å². The van der Waals surface area contributed by atoms with Crippen molar-refractivity contribution in [3.05, 3.63) is 5.82 Å². The first-order valence-corrected chi connectivity index (χ1v) is 6.55. The first-order chi connectivity index (χ1) is 7.67. The normalized spacial score (nSPS) is 12.8. The number of methoxy groups -OCH3 is 1. The Bertz CT molecular complexity index is 308. The third-order valence-corrected chi connectivity index (χ3v) is 3.21. The van der Waals surface area contributed by atoms with Crippen molar-refractivity contribution in [2.24, 2.45) is 0 Å². The lowest BCUT2D eigenvalue weighted by molar-refractivity contribution is 0.199. The minimum atomic E-state index is -0.0199. The molecule has 0 spiro atoms. The number of hydrogen-bond acceptors (Lipinski definition) is 5. The highest BCUT2D eigenvalue weighted by molar-refractivity contribution is 7.09. The zero-order valence-electron chi connectivity index (χ0n) is 9.94. The summed E-state index contributed by atoms with van der Waals surface area (Å²) < 4.78 is 9.29. The number of halogens is 1. The van der Waals surface area contributed by atoms with Gasteiger partial charge in [-0.05, 0) is 6.42 Å². The average molecular weight is 264 g/mol. The highest BCUT2D eigenvalue weighted by atomic mass is 35.5. The van der Waals surface area contributed by atoms with Crippen LogP contribution in [0.1, 0.15) is 19.2 Å². The summed E-state index contributed by atoms with van der Waals surface area (Å²) in [5.74, 6) is 0.923. The van der Waals surface area contributed by atoms with Gasteiger partial charge in [0.1, 0.15) is 5.82 Å². The Morgan fingerprint density at radius 2 is 2.31 bits per heavy atom. The van der Waals surface area contributed by atoms with Gasteiger partial charge in [0.15, 0.2) is 0 Å². The molecular weight excluding hydrogens is 246 g/mol. The van der Waals surface area contributed by atoms with Gasteiger partial charge in [-0.1, -0.05) is 6.92 Å². The number of alkyl halides is 1. The lowest BCUT2D eigenvalue weighted by Gasteiger charge is -2.18. The van der Waals surface area contributed by atoms with Gasteiger partial charge in [-0.2, -0.15) is 4.37 Å². The van der Waals surface area contributed by atoms with Crippen LogP contribution in [0.3, 0.4) is 0 Å². The fourth-order valence-electron chi connectivity index (χ4n) is 1.33. The van der Waals surface area contributed by atoms with Gasteiger partial charge in [0, 0.05) is 38.7 Å². The molecule has 16 heavy (non-hydrogen) atoms. The molecule has 0 radical (unpaired) electrons. The Morgan fingerprint density at radius 3 is 2.94 bits per heavy atom. The number of rotatable bonds is 7. The Labute approximate surface area is 106 Å². The molecule has 0 aromatic carbocycles. The minimum Gasteiger partial charge on any atom is -0.383 e. The fourth-order valence-corrected chi connectivity index (χ4v) is 2.35. The lowest BCUT2D eigenvalue weighted by atomic mass is 10.3. The third kappa shape index (κ3) is 4.23. The summed E-state index contributed by atoms with van der Waals surface area (Å²) in [6.45, 7) is 3.39. The first kappa shape index (κ1) is 13.7. The smallest absolute Gasteiger partial charge is 0.204 e. The van der Waals surface area contributed by atoms with E-state index in [2.05, 4.69) is 16.3 Å². The zero-order chi connectivity index (χ0) is 12.0. The minimum absolute atomic E-state index is 0.0199. The number of aryl methyl sites for hydroxylation is 1. The molecule has 0 fully saturated rings. The van der Waals surface area contributed by atoms with E-state index in [9.17, 15) is 0 Å². The van der Waals surface area contributed by atoms with E-state index in [1.807, 2.05) is 11.9 Å². The molecule has 0 saturated heterocycles. The Kier molecular flexibility index (Phi) is 6.01. The van der Waals surface area contributed by atoms with Gasteiger partial charge < -0.3 is 9.64 Å². The Hall–Kier alpha value is -0.390. The van der Waals surface area contributed by atoms with Crippen molar-refractivity contribution in [2.45, 2.75) is 25.1 Å². The molecule has 0 amide bonds. The molecular formula is C10H18ClN3OS. The summed E-state index contributed by atoms with van der Waals surface area (Å²) in [5, 5.41) is 0.902. The van der Waals surface area contributed by atoms with E-state index in [4.69, 9.17) is 16.3 Å². The molecule has 0 aliphatic rings. The number of ether oxygens (including phenoxy) is 1. The predicted octanol–water partition coefficient (Wildman–Crippen LogP) is 2.18. The maximum absolute atomic E-state index is 6.08. The first-order valence-electron chi connectivity index (χ1n) is 5.34. The molecule has 4 nitrogen and oxygen atoms in total. The number of aromatic nitrogens is 2. The average Bonchev–Trinajstić information content (AvgIpc) is 2.67. The summed E-state index contributed by atoms with van der Waals surface area (Å²) in [6.07, 6.45) is 2.01. The number of hydrogen-bond donors (Lipinski definition) is 0. The van der Waals surface area contributed by atoms with Crippen LogP contribution < -0.4 is 4.90 Å². The quantitative estimate of drug-likeness (QED) is 0.707. The van der Waals surface area contributed by atoms with Crippen LogP contribution in [0.4, 0.5) is 5.13 Å². The van der Waals surface area contributed by atoms with Crippen LogP contribution in [0.5, 0.6) is 0 Å². The van der Waals surface area contributed by atoms with Crippen LogP contribution in [-0.4, -0.2) is 42.0 Å². The van der Waals surface area contributed by atoms with Crippen LogP contribution in [0.25, 0.3) is 0 Å². The van der Waals surface area contributed by atoms with Crippen LogP contribution in [0.15, 0.2) is 0 Å². The highest BCUT2D eigenvalue weighted by Gasteiger charge is 2.12. The summed E-state index contributed by atoms with van der Waals surface area (Å²) in [6, 6.07) is 0. The predicted molar refractivity (Wildman–Crippen MR) is 68.7 cm³/mol. The van der Waals surface area contributed by atoms with Crippen LogP contribution in [0, 0.1) is 0 Å². The van der Waals surface area contributed by atoms with E-state index < -0.39 is 0 Å². The van der Waals surface area contributed by atoms with Gasteiger partial charge in [-0.25, -0.2) is 4.98 Å². The van der Waals surface area contributed by atoms with Crippen molar-refractivity contribution in [1.29, 1.82) is 0 Å². The zero-order valence-corrected chi connectivity index (χ0v) is 11.5. The van der Waals surface area contributed by atoms with Gasteiger partial charge in [0.05, 0.1) is 12.0 Å². The van der Waals surface area contributed by atoms with Crippen LogP contribution in [0.2, 0.25) is 0 Å². The molecule has 1 rings (SSSR count). The summed E-state index contributed by atoms with van der Waals surface area (Å²) in [5.41, 5.74) is 0. The van der Waals surface area contributed by atoms with Crippen molar-refractivity contribution in [1.82, 2.24) is 9.36 Å². The number of nitrogens with zero attached hydrogens (tertiary/aromatic N) is 3. The van der Waals surface area contributed by atoms with Gasteiger partial charge in [0.25, 0.3) is 0 Å². The molecule has 1 aromatic heterocycles. The van der Waals surface area contributed by atoms with Gasteiger partial charge >= 0.3 is 0 Å². The molecule has 1 atom stereocenters. The Balaban J connectivity index is 2.48. The SMILES string of the molecule is CCCc1nsc(N(C)CC(Cl)COC)n1. The summed E-state index contributed by atoms with van der Waals surface area (Å²) >= 11 is 7.51. The molecule has 6 heteroatoms. The van der Waals surface area contributed by atoms with E-state index in [0.29, 0.717) is 6.61 Å². The standard InChI is InChI=1S/C10H18ClN3OS/c1-4-5-9-12-10(16-13-9)14(2)6-8(11)7-15-3/h8H,4-7H2,1-3H3. The van der Waals surface area contributed by atoms with Crippen molar-refractivity contribution in [2.75, 3.05) is 32.2 Å². The molecule has 0 bridgehead atoms. The van der Waals surface area contributed by atoms with Gasteiger partial charge in [0.2, 0.25) is 5.13 Å². The molecule has 1 aromatic rings. The van der Waals surface area contributed by atoms with Crippen molar-refractivity contribution in [3.63, 3.8) is 0 Å². The lowest BCUT2D eigenvalue weighted by Crippen LogP contribution is -2.28. The van der Waals surface area contributed by atoms with Crippen molar-refractivity contribution < 1.29 is 4.74 Å². The van der Waals surface area contributed by atoms with Crippen LogP contribution in [-0.2, 0) is 11.2 Å². The monoisotopic (exact) mass is 263 g/mol. The largest absolute Gasteiger partial charge is 0.383 e. The van der Waals surface area contributed by atoms with Gasteiger partial charge in [-0.3, -0.25) is 0 Å².